The molecule has 0 radical (unpaired) electrons. The van der Waals surface area contributed by atoms with Crippen molar-refractivity contribution < 1.29 is 13.9 Å². The number of rotatable bonds is 6. The van der Waals surface area contributed by atoms with Gasteiger partial charge in [-0.3, -0.25) is 0 Å². The fourth-order valence-electron chi connectivity index (χ4n) is 3.89. The molecule has 3 fully saturated rings. The van der Waals surface area contributed by atoms with Gasteiger partial charge in [-0.25, -0.2) is 14.4 Å². The van der Waals surface area contributed by atoms with E-state index in [1.165, 1.54) is 19.2 Å². The van der Waals surface area contributed by atoms with Crippen LogP contribution in [0.2, 0.25) is 0 Å². The minimum Gasteiger partial charge on any atom is -0.474 e. The summed E-state index contributed by atoms with van der Waals surface area (Å²) in [6.07, 6.45) is 5.77. The molecule has 0 amide bonds. The van der Waals surface area contributed by atoms with Crippen molar-refractivity contribution in [3.05, 3.63) is 35.9 Å². The predicted octanol–water partition coefficient (Wildman–Crippen LogP) is 3.82. The number of hydrogen-bond donors (Lipinski definition) is 2. The Morgan fingerprint density at radius 3 is 2.72 bits per heavy atom. The maximum absolute atomic E-state index is 14.6. The molecule has 1 aromatic heterocycles. The van der Waals surface area contributed by atoms with Crippen LogP contribution in [0.1, 0.15) is 31.2 Å². The Morgan fingerprint density at radius 2 is 2.00 bits per heavy atom. The number of aromatic nitrogens is 2. The van der Waals surface area contributed by atoms with E-state index in [0.29, 0.717) is 34.7 Å². The van der Waals surface area contributed by atoms with Crippen LogP contribution in [0, 0.1) is 12.7 Å². The monoisotopic (exact) mass is 416 g/mol. The number of anilines is 2. The maximum Gasteiger partial charge on any atom is 0.221 e. The van der Waals surface area contributed by atoms with Gasteiger partial charge in [-0.05, 0) is 38.0 Å². The van der Waals surface area contributed by atoms with E-state index in [2.05, 4.69) is 20.6 Å². The van der Waals surface area contributed by atoms with Gasteiger partial charge in [0.15, 0.2) is 0 Å². The summed E-state index contributed by atoms with van der Waals surface area (Å²) in [6, 6.07) is 5.98. The first-order valence-corrected chi connectivity index (χ1v) is 11.1. The Kier molecular flexibility index (Phi) is 5.32. The van der Waals surface area contributed by atoms with Gasteiger partial charge in [0.2, 0.25) is 5.88 Å². The molecule has 2 saturated heterocycles. The number of hydrogen-bond acceptors (Lipinski definition) is 7. The highest BCUT2D eigenvalue weighted by atomic mass is 32.2. The molecule has 8 heteroatoms. The number of halogens is 1. The van der Waals surface area contributed by atoms with Crippen molar-refractivity contribution in [2.75, 3.05) is 18.5 Å². The molecule has 0 spiro atoms. The highest BCUT2D eigenvalue weighted by Crippen LogP contribution is 2.40. The molecule has 1 aliphatic carbocycles. The molecule has 154 valence electrons. The van der Waals surface area contributed by atoms with Crippen LogP contribution in [0.25, 0.3) is 0 Å². The van der Waals surface area contributed by atoms with Crippen molar-refractivity contribution in [1.82, 2.24) is 15.3 Å². The number of nitrogens with zero attached hydrogens (tertiary/aromatic N) is 2. The number of nitrogens with one attached hydrogen (secondary N) is 2. The van der Waals surface area contributed by atoms with E-state index in [-0.39, 0.29) is 11.9 Å². The highest BCUT2D eigenvalue weighted by Gasteiger charge is 2.33. The molecule has 3 heterocycles. The lowest BCUT2D eigenvalue weighted by Gasteiger charge is -2.39. The molecule has 6 nitrogen and oxygen atoms in total. The Bertz CT molecular complexity index is 883. The number of piperidine rings is 1. The van der Waals surface area contributed by atoms with Crippen LogP contribution in [0.3, 0.4) is 0 Å². The number of ether oxygens (including phenoxy) is 2. The molecule has 3 aliphatic rings. The minimum atomic E-state index is -0.276. The Labute approximate surface area is 174 Å². The molecule has 2 unspecified atom stereocenters. The molecule has 2 bridgehead atoms. The second kappa shape index (κ2) is 8.08. The van der Waals surface area contributed by atoms with E-state index in [1.807, 2.05) is 13.0 Å². The summed E-state index contributed by atoms with van der Waals surface area (Å²) in [4.78, 5) is 9.59. The van der Waals surface area contributed by atoms with E-state index in [1.54, 1.807) is 23.9 Å². The van der Waals surface area contributed by atoms with Crippen molar-refractivity contribution in [2.45, 2.75) is 60.9 Å². The van der Waals surface area contributed by atoms with E-state index in [0.717, 1.165) is 36.5 Å². The van der Waals surface area contributed by atoms with Gasteiger partial charge >= 0.3 is 0 Å². The average molecular weight is 417 g/mol. The van der Waals surface area contributed by atoms with Crippen LogP contribution in [-0.4, -0.2) is 46.6 Å². The van der Waals surface area contributed by atoms with E-state index < -0.39 is 0 Å². The topological polar surface area (TPSA) is 68.3 Å². The van der Waals surface area contributed by atoms with Crippen LogP contribution in [0.4, 0.5) is 15.9 Å². The van der Waals surface area contributed by atoms with E-state index in [9.17, 15) is 4.39 Å². The Hall–Kier alpha value is -1.90. The molecule has 29 heavy (non-hydrogen) atoms. The largest absolute Gasteiger partial charge is 0.474 e. The number of benzene rings is 1. The van der Waals surface area contributed by atoms with E-state index >= 15 is 0 Å². The summed E-state index contributed by atoms with van der Waals surface area (Å²) < 4.78 is 26.4. The van der Waals surface area contributed by atoms with Gasteiger partial charge in [0.1, 0.15) is 24.1 Å². The zero-order valence-corrected chi connectivity index (χ0v) is 17.2. The smallest absolute Gasteiger partial charge is 0.221 e. The summed E-state index contributed by atoms with van der Waals surface area (Å²) in [5.74, 6) is 0.839. The summed E-state index contributed by atoms with van der Waals surface area (Å²) in [5.41, 5.74) is 1.19. The van der Waals surface area contributed by atoms with Gasteiger partial charge in [0.25, 0.3) is 0 Å². The van der Waals surface area contributed by atoms with Crippen molar-refractivity contribution >= 4 is 23.3 Å². The second-order valence-electron chi connectivity index (χ2n) is 8.05. The molecular weight excluding hydrogens is 391 g/mol. The standard InChI is InChI=1S/C21H25FN4O2S/c1-12-20(26-19-5-4-17(8-18(19)22)29-16-2-3-16)23-11-24-21(12)28-15-6-13-9-27-10-14(7-15)25-13/h4-5,8,11,13-16,25H,2-3,6-7,9-10H2,1H3,(H,23,24,26). The zero-order chi connectivity index (χ0) is 19.8. The van der Waals surface area contributed by atoms with Crippen LogP contribution >= 0.6 is 11.8 Å². The summed E-state index contributed by atoms with van der Waals surface area (Å²) >= 11 is 1.74. The molecule has 2 atom stereocenters. The lowest BCUT2D eigenvalue weighted by Crippen LogP contribution is -2.56. The molecule has 1 aromatic carbocycles. The third-order valence-electron chi connectivity index (χ3n) is 5.54. The molecule has 1 saturated carbocycles. The summed E-state index contributed by atoms with van der Waals surface area (Å²) in [7, 11) is 0. The fourth-order valence-corrected chi connectivity index (χ4v) is 4.97. The predicted molar refractivity (Wildman–Crippen MR) is 111 cm³/mol. The minimum absolute atomic E-state index is 0.0899. The summed E-state index contributed by atoms with van der Waals surface area (Å²) in [6.45, 7) is 3.35. The molecule has 5 rings (SSSR count). The van der Waals surface area contributed by atoms with Gasteiger partial charge < -0.3 is 20.1 Å². The van der Waals surface area contributed by atoms with Crippen molar-refractivity contribution in [1.29, 1.82) is 0 Å². The normalized spacial score (nSPS) is 26.2. The second-order valence-corrected chi connectivity index (χ2v) is 9.42. The first-order valence-electron chi connectivity index (χ1n) is 10.2. The fraction of sp³-hybridized carbons (Fsp3) is 0.524. The van der Waals surface area contributed by atoms with Gasteiger partial charge in [0, 0.05) is 35.1 Å². The first kappa shape index (κ1) is 19.1. The quantitative estimate of drug-likeness (QED) is 0.742. The van der Waals surface area contributed by atoms with Crippen molar-refractivity contribution in [3.63, 3.8) is 0 Å². The van der Waals surface area contributed by atoms with Crippen LogP contribution in [0.5, 0.6) is 5.88 Å². The van der Waals surface area contributed by atoms with Crippen molar-refractivity contribution in [2.24, 2.45) is 0 Å². The third kappa shape index (κ3) is 4.49. The van der Waals surface area contributed by atoms with Crippen molar-refractivity contribution in [3.8, 4) is 5.88 Å². The lowest BCUT2D eigenvalue weighted by atomic mass is 9.95. The lowest BCUT2D eigenvalue weighted by molar-refractivity contribution is -0.0134. The van der Waals surface area contributed by atoms with Gasteiger partial charge in [-0.15, -0.1) is 11.8 Å². The van der Waals surface area contributed by atoms with E-state index in [4.69, 9.17) is 9.47 Å². The maximum atomic E-state index is 14.6. The molecule has 2 aliphatic heterocycles. The number of fused-ring (bicyclic) bond motifs is 2. The average Bonchev–Trinajstić information content (AvgIpc) is 3.51. The number of morpholine rings is 1. The summed E-state index contributed by atoms with van der Waals surface area (Å²) in [5, 5.41) is 7.32. The van der Waals surface area contributed by atoms with Gasteiger partial charge in [-0.1, -0.05) is 0 Å². The third-order valence-corrected chi connectivity index (χ3v) is 6.87. The SMILES string of the molecule is Cc1c(Nc2ccc(SC3CC3)cc2F)ncnc1OC1CC2COCC(C1)N2. The molecule has 2 N–H and O–H groups in total. The van der Waals surface area contributed by atoms with Gasteiger partial charge in [0.05, 0.1) is 24.5 Å². The highest BCUT2D eigenvalue weighted by molar-refractivity contribution is 8.00. The Morgan fingerprint density at radius 1 is 1.21 bits per heavy atom. The number of thioether (sulfide) groups is 1. The first-order chi connectivity index (χ1) is 14.1. The van der Waals surface area contributed by atoms with Crippen LogP contribution in [-0.2, 0) is 4.74 Å². The zero-order valence-electron chi connectivity index (χ0n) is 16.4. The van der Waals surface area contributed by atoms with Crippen LogP contribution in [0.15, 0.2) is 29.4 Å². The van der Waals surface area contributed by atoms with Crippen LogP contribution < -0.4 is 15.4 Å². The molecule has 2 aromatic rings. The Balaban J connectivity index is 1.29. The molecular formula is C21H25FN4O2S. The van der Waals surface area contributed by atoms with Gasteiger partial charge in [-0.2, -0.15) is 0 Å².